The minimum absolute atomic E-state index is 0.0860. The van der Waals surface area contributed by atoms with Crippen molar-refractivity contribution < 1.29 is 14.1 Å². The molecular formula is C24H16Cl2N4O3. The lowest BCUT2D eigenvalue weighted by molar-refractivity contribution is 0.102. The van der Waals surface area contributed by atoms with Crippen LogP contribution in [-0.2, 0) is 6.54 Å². The predicted molar refractivity (Wildman–Crippen MR) is 125 cm³/mol. The molecule has 9 heteroatoms. The second-order valence-electron chi connectivity index (χ2n) is 7.25. The van der Waals surface area contributed by atoms with E-state index in [4.69, 9.17) is 32.5 Å². The number of pyridine rings is 1. The Labute approximate surface area is 198 Å². The highest BCUT2D eigenvalue weighted by atomic mass is 35.5. The second-order valence-corrected chi connectivity index (χ2v) is 8.04. The van der Waals surface area contributed by atoms with Crippen LogP contribution in [0.25, 0.3) is 22.4 Å². The zero-order valence-electron chi connectivity index (χ0n) is 17.3. The molecular weight excluding hydrogens is 463 g/mol. The van der Waals surface area contributed by atoms with Crippen molar-refractivity contribution in [3.05, 3.63) is 94.1 Å². The van der Waals surface area contributed by atoms with Gasteiger partial charge in [-0.2, -0.15) is 4.98 Å². The van der Waals surface area contributed by atoms with E-state index in [1.165, 1.54) is 0 Å². The molecule has 0 radical (unpaired) electrons. The number of carbonyl (C=O) groups is 1. The van der Waals surface area contributed by atoms with Gasteiger partial charge < -0.3 is 13.8 Å². The fraction of sp³-hybridized carbons (Fsp3) is 0.0833. The molecule has 0 fully saturated rings. The van der Waals surface area contributed by atoms with Gasteiger partial charge >= 0.3 is 0 Å². The van der Waals surface area contributed by atoms with Crippen molar-refractivity contribution in [3.63, 3.8) is 0 Å². The monoisotopic (exact) mass is 478 g/mol. The molecule has 0 N–H and O–H groups in total. The number of nitrogens with zero attached hydrogens (tertiary/aromatic N) is 4. The van der Waals surface area contributed by atoms with Gasteiger partial charge in [-0.05, 0) is 48.0 Å². The molecule has 164 valence electrons. The molecule has 7 nitrogen and oxygen atoms in total. The molecule has 2 aromatic carbocycles. The Balaban J connectivity index is 1.61. The Hall–Kier alpha value is -3.68. The number of aromatic nitrogens is 4. The molecule has 0 aliphatic carbocycles. The standard InChI is InChI=1S/C24H16Cl2N4O3/c1-32-17-6-7-19-18(12-17)20(22(26)30(19)13-14-2-4-16(25)5-3-14)21(31)23-28-24(33-29-23)15-8-10-27-11-9-15/h2-12H,13H2,1H3. The highest BCUT2D eigenvalue weighted by molar-refractivity contribution is 6.37. The zero-order chi connectivity index (χ0) is 22.9. The van der Waals surface area contributed by atoms with Gasteiger partial charge in [0.1, 0.15) is 10.9 Å². The molecule has 0 saturated carbocycles. The largest absolute Gasteiger partial charge is 0.497 e. The number of benzene rings is 2. The first kappa shape index (κ1) is 21.2. The Morgan fingerprint density at radius 1 is 1.06 bits per heavy atom. The van der Waals surface area contributed by atoms with E-state index < -0.39 is 5.78 Å². The molecule has 3 heterocycles. The van der Waals surface area contributed by atoms with Crippen LogP contribution in [0.3, 0.4) is 0 Å². The minimum atomic E-state index is -0.447. The Kier molecular flexibility index (Phi) is 5.58. The average molecular weight is 479 g/mol. The normalized spacial score (nSPS) is 11.1. The van der Waals surface area contributed by atoms with Gasteiger partial charge in [-0.3, -0.25) is 9.78 Å². The van der Waals surface area contributed by atoms with E-state index in [9.17, 15) is 4.79 Å². The summed E-state index contributed by atoms with van der Waals surface area (Å²) in [6, 6.07) is 16.3. The number of hydrogen-bond donors (Lipinski definition) is 0. The second kappa shape index (κ2) is 8.69. The summed E-state index contributed by atoms with van der Waals surface area (Å²) in [4.78, 5) is 21.7. The fourth-order valence-electron chi connectivity index (χ4n) is 3.61. The highest BCUT2D eigenvalue weighted by Crippen LogP contribution is 2.35. The van der Waals surface area contributed by atoms with Crippen LogP contribution in [0.15, 0.2) is 71.5 Å². The summed E-state index contributed by atoms with van der Waals surface area (Å²) in [5.74, 6) is 0.288. The number of ether oxygens (including phenoxy) is 1. The molecule has 3 aromatic heterocycles. The summed E-state index contributed by atoms with van der Waals surface area (Å²) in [6.07, 6.45) is 3.21. The first-order chi connectivity index (χ1) is 16.0. The summed E-state index contributed by atoms with van der Waals surface area (Å²) in [7, 11) is 1.56. The Morgan fingerprint density at radius 2 is 1.82 bits per heavy atom. The summed E-state index contributed by atoms with van der Waals surface area (Å²) >= 11 is 12.8. The smallest absolute Gasteiger partial charge is 0.258 e. The molecule has 5 rings (SSSR count). The highest BCUT2D eigenvalue weighted by Gasteiger charge is 2.27. The van der Waals surface area contributed by atoms with Gasteiger partial charge in [-0.15, -0.1) is 0 Å². The number of halogens is 2. The van der Waals surface area contributed by atoms with E-state index in [1.807, 2.05) is 41.0 Å². The van der Waals surface area contributed by atoms with Gasteiger partial charge in [0.15, 0.2) is 0 Å². The molecule has 5 aromatic rings. The van der Waals surface area contributed by atoms with Crippen LogP contribution in [0.4, 0.5) is 0 Å². The predicted octanol–water partition coefficient (Wildman–Crippen LogP) is 5.68. The van der Waals surface area contributed by atoms with Crippen molar-refractivity contribution in [1.82, 2.24) is 19.7 Å². The van der Waals surface area contributed by atoms with Gasteiger partial charge in [0, 0.05) is 34.9 Å². The van der Waals surface area contributed by atoms with E-state index in [0.29, 0.717) is 28.3 Å². The number of methoxy groups -OCH3 is 1. The van der Waals surface area contributed by atoms with Crippen molar-refractivity contribution in [2.45, 2.75) is 6.54 Å². The van der Waals surface area contributed by atoms with Crippen LogP contribution in [0.2, 0.25) is 10.2 Å². The van der Waals surface area contributed by atoms with Gasteiger partial charge in [-0.1, -0.05) is 40.5 Å². The van der Waals surface area contributed by atoms with E-state index in [1.54, 1.807) is 37.7 Å². The topological polar surface area (TPSA) is 83.0 Å². The van der Waals surface area contributed by atoms with Crippen molar-refractivity contribution >= 4 is 39.9 Å². The lowest BCUT2D eigenvalue weighted by atomic mass is 10.1. The van der Waals surface area contributed by atoms with Crippen molar-refractivity contribution in [2.75, 3.05) is 7.11 Å². The quantitative estimate of drug-likeness (QED) is 0.292. The van der Waals surface area contributed by atoms with Gasteiger partial charge in [0.25, 0.3) is 5.89 Å². The minimum Gasteiger partial charge on any atom is -0.497 e. The number of ketones is 1. The third kappa shape index (κ3) is 3.97. The van der Waals surface area contributed by atoms with Crippen LogP contribution >= 0.6 is 23.2 Å². The van der Waals surface area contributed by atoms with Crippen molar-refractivity contribution in [2.24, 2.45) is 0 Å². The van der Waals surface area contributed by atoms with Gasteiger partial charge in [-0.25, -0.2) is 0 Å². The molecule has 0 unspecified atom stereocenters. The molecule has 0 spiro atoms. The first-order valence-corrected chi connectivity index (χ1v) is 10.7. The number of hydrogen-bond acceptors (Lipinski definition) is 6. The maximum Gasteiger partial charge on any atom is 0.258 e. The third-order valence-corrected chi connectivity index (χ3v) is 5.89. The lowest BCUT2D eigenvalue weighted by Crippen LogP contribution is -2.05. The van der Waals surface area contributed by atoms with Crippen molar-refractivity contribution in [1.29, 1.82) is 0 Å². The molecule has 0 amide bonds. The van der Waals surface area contributed by atoms with Crippen LogP contribution in [0, 0.1) is 0 Å². The summed E-state index contributed by atoms with van der Waals surface area (Å²) in [5, 5.41) is 5.44. The van der Waals surface area contributed by atoms with E-state index in [2.05, 4.69) is 15.1 Å². The molecule has 0 saturated heterocycles. The van der Waals surface area contributed by atoms with E-state index in [-0.39, 0.29) is 22.4 Å². The number of rotatable bonds is 6. The van der Waals surface area contributed by atoms with E-state index in [0.717, 1.165) is 11.1 Å². The Bertz CT molecular complexity index is 1460. The lowest BCUT2D eigenvalue weighted by Gasteiger charge is -2.08. The molecule has 33 heavy (non-hydrogen) atoms. The maximum atomic E-state index is 13.5. The number of fused-ring (bicyclic) bond motifs is 1. The van der Waals surface area contributed by atoms with Crippen LogP contribution in [0.5, 0.6) is 5.75 Å². The van der Waals surface area contributed by atoms with Crippen molar-refractivity contribution in [3.8, 4) is 17.2 Å². The van der Waals surface area contributed by atoms with Crippen LogP contribution in [0.1, 0.15) is 21.7 Å². The summed E-state index contributed by atoms with van der Waals surface area (Å²) in [6.45, 7) is 0.445. The molecule has 0 aliphatic rings. The Morgan fingerprint density at radius 3 is 2.55 bits per heavy atom. The van der Waals surface area contributed by atoms with Gasteiger partial charge in [0.2, 0.25) is 11.6 Å². The van der Waals surface area contributed by atoms with Gasteiger partial charge in [0.05, 0.1) is 18.2 Å². The first-order valence-electron chi connectivity index (χ1n) is 9.94. The fourth-order valence-corrected chi connectivity index (χ4v) is 4.08. The van der Waals surface area contributed by atoms with E-state index >= 15 is 0 Å². The average Bonchev–Trinajstić information content (AvgIpc) is 3.44. The SMILES string of the molecule is COc1ccc2c(c1)c(C(=O)c1noc(-c3ccncc3)n1)c(Cl)n2Cc1ccc(Cl)cc1. The summed E-state index contributed by atoms with van der Waals surface area (Å²) < 4.78 is 12.5. The number of carbonyl (C=O) groups excluding carboxylic acids is 1. The summed E-state index contributed by atoms with van der Waals surface area (Å²) in [5.41, 5.74) is 2.69. The van der Waals surface area contributed by atoms with Crippen LogP contribution in [-0.4, -0.2) is 32.6 Å². The molecule has 0 bridgehead atoms. The molecule has 0 aliphatic heterocycles. The zero-order valence-corrected chi connectivity index (χ0v) is 18.8. The molecule has 0 atom stereocenters. The third-order valence-electron chi connectivity index (χ3n) is 5.24. The van der Waals surface area contributed by atoms with Crippen LogP contribution < -0.4 is 4.74 Å². The maximum absolute atomic E-state index is 13.5.